The van der Waals surface area contributed by atoms with Gasteiger partial charge in [0.15, 0.2) is 6.29 Å². The number of aliphatic hydroxyl groups is 2. The summed E-state index contributed by atoms with van der Waals surface area (Å²) in [4.78, 5) is 14.1. The van der Waals surface area contributed by atoms with Crippen LogP contribution in [0.2, 0.25) is 5.02 Å². The van der Waals surface area contributed by atoms with Gasteiger partial charge in [-0.25, -0.2) is 4.79 Å². The van der Waals surface area contributed by atoms with E-state index < -0.39 is 18.0 Å². The van der Waals surface area contributed by atoms with Crippen molar-refractivity contribution in [3.8, 4) is 0 Å². The lowest BCUT2D eigenvalue weighted by Gasteiger charge is -2.42. The highest BCUT2D eigenvalue weighted by molar-refractivity contribution is 6.30. The van der Waals surface area contributed by atoms with Crippen molar-refractivity contribution in [1.29, 1.82) is 0 Å². The van der Waals surface area contributed by atoms with Gasteiger partial charge in [-0.2, -0.15) is 0 Å². The lowest BCUT2D eigenvalue weighted by Crippen LogP contribution is -2.46. The van der Waals surface area contributed by atoms with Crippen LogP contribution in [0.15, 0.2) is 85.5 Å². The second-order valence-corrected chi connectivity index (χ2v) is 11.6. The van der Waals surface area contributed by atoms with Crippen molar-refractivity contribution in [3.05, 3.63) is 118 Å². The lowest BCUT2D eigenvalue weighted by atomic mass is 9.84. The van der Waals surface area contributed by atoms with Crippen LogP contribution in [-0.2, 0) is 33.0 Å². The zero-order valence-corrected chi connectivity index (χ0v) is 24.9. The molecule has 228 valence electrons. The van der Waals surface area contributed by atoms with E-state index >= 15 is 0 Å². The molecule has 0 unspecified atom stereocenters. The van der Waals surface area contributed by atoms with Crippen LogP contribution < -0.4 is 5.32 Å². The number of amides is 1. The Morgan fingerprint density at radius 2 is 1.65 bits per heavy atom. The fraction of sp³-hybridized carbons (Fsp3) is 0.382. The lowest BCUT2D eigenvalue weighted by molar-refractivity contribution is -0.253. The molecule has 3 aromatic carbocycles. The van der Waals surface area contributed by atoms with Crippen LogP contribution in [0.3, 0.4) is 0 Å². The van der Waals surface area contributed by atoms with Gasteiger partial charge < -0.3 is 34.6 Å². The zero-order valence-electron chi connectivity index (χ0n) is 24.2. The topological polar surface area (TPSA) is 100 Å². The number of hydrogen-bond acceptors (Lipinski definition) is 7. The highest BCUT2D eigenvalue weighted by atomic mass is 35.5. The number of aliphatic hydroxyl groups excluding tert-OH is 1. The van der Waals surface area contributed by atoms with Gasteiger partial charge in [-0.15, -0.1) is 0 Å². The summed E-state index contributed by atoms with van der Waals surface area (Å²) >= 11 is 6.06. The molecular formula is C34H39ClN2O6. The van der Waals surface area contributed by atoms with Gasteiger partial charge in [-0.05, 0) is 47.2 Å². The van der Waals surface area contributed by atoms with E-state index in [0.717, 1.165) is 47.5 Å². The van der Waals surface area contributed by atoms with E-state index in [1.165, 1.54) is 6.08 Å². The molecule has 9 heteroatoms. The van der Waals surface area contributed by atoms with Crippen molar-refractivity contribution in [2.24, 2.45) is 0 Å². The molecule has 5 rings (SSSR count). The molecule has 2 saturated heterocycles. The molecule has 0 spiro atoms. The third kappa shape index (κ3) is 8.23. The molecule has 0 aliphatic carbocycles. The van der Waals surface area contributed by atoms with Gasteiger partial charge in [0, 0.05) is 43.2 Å². The van der Waals surface area contributed by atoms with Gasteiger partial charge in [0.25, 0.3) is 0 Å². The van der Waals surface area contributed by atoms with Crippen molar-refractivity contribution in [1.82, 2.24) is 10.2 Å². The highest BCUT2D eigenvalue weighted by Crippen LogP contribution is 2.39. The fourth-order valence-electron chi connectivity index (χ4n) is 5.63. The Morgan fingerprint density at radius 3 is 2.30 bits per heavy atom. The summed E-state index contributed by atoms with van der Waals surface area (Å²) in [5.41, 5.74) is 3.72. The highest BCUT2D eigenvalue weighted by Gasteiger charge is 2.37. The molecule has 0 bridgehead atoms. The smallest absolute Gasteiger partial charge is 0.407 e. The number of likely N-dealkylation sites (tertiary alicyclic amines) is 1. The van der Waals surface area contributed by atoms with Gasteiger partial charge in [0.1, 0.15) is 6.61 Å². The Morgan fingerprint density at radius 1 is 1.00 bits per heavy atom. The maximum absolute atomic E-state index is 11.8. The third-order valence-electron chi connectivity index (χ3n) is 8.16. The number of carbonyl (C=O) groups is 1. The molecule has 2 aliphatic heterocycles. The molecular weight excluding hydrogens is 568 g/mol. The minimum absolute atomic E-state index is 0.00925. The Balaban J connectivity index is 1.25. The average molecular weight is 607 g/mol. The van der Waals surface area contributed by atoms with E-state index in [4.69, 9.17) is 25.8 Å². The van der Waals surface area contributed by atoms with E-state index in [0.29, 0.717) is 30.8 Å². The Bertz CT molecular complexity index is 1340. The quantitative estimate of drug-likeness (QED) is 0.252. The van der Waals surface area contributed by atoms with Crippen molar-refractivity contribution < 1.29 is 29.2 Å². The van der Waals surface area contributed by atoms with Crippen molar-refractivity contribution in [2.75, 3.05) is 26.2 Å². The summed E-state index contributed by atoms with van der Waals surface area (Å²) in [6, 6.07) is 23.1. The molecule has 3 aromatic rings. The minimum atomic E-state index is -0.865. The number of hydrogen-bond donors (Lipinski definition) is 3. The number of nitrogens with zero attached hydrogens (tertiary/aromatic N) is 1. The summed E-state index contributed by atoms with van der Waals surface area (Å²) in [6.45, 7) is 6.24. The van der Waals surface area contributed by atoms with E-state index in [9.17, 15) is 15.0 Å². The van der Waals surface area contributed by atoms with Gasteiger partial charge >= 0.3 is 6.09 Å². The van der Waals surface area contributed by atoms with Crippen LogP contribution in [0.4, 0.5) is 4.79 Å². The van der Waals surface area contributed by atoms with Crippen LogP contribution >= 0.6 is 11.6 Å². The van der Waals surface area contributed by atoms with E-state index in [1.807, 2.05) is 72.8 Å². The maximum atomic E-state index is 11.8. The second kappa shape index (κ2) is 14.5. The molecule has 0 radical (unpaired) electrons. The van der Waals surface area contributed by atoms with Crippen LogP contribution in [-0.4, -0.2) is 53.6 Å². The molecule has 43 heavy (non-hydrogen) atoms. The number of alkyl carbamates (subject to hydrolysis) is 1. The first kappa shape index (κ1) is 31.2. The van der Waals surface area contributed by atoms with Crippen molar-refractivity contribution in [3.63, 3.8) is 0 Å². The first-order valence-electron chi connectivity index (χ1n) is 14.7. The fourth-order valence-corrected chi connectivity index (χ4v) is 5.75. The molecule has 8 nitrogen and oxygen atoms in total. The van der Waals surface area contributed by atoms with Crippen LogP contribution in [0.25, 0.3) is 0 Å². The van der Waals surface area contributed by atoms with Gasteiger partial charge in [0.2, 0.25) is 0 Å². The molecule has 2 heterocycles. The first-order valence-corrected chi connectivity index (χ1v) is 15.0. The van der Waals surface area contributed by atoms with Gasteiger partial charge in [-0.3, -0.25) is 0 Å². The molecule has 2 aliphatic rings. The molecule has 1 amide bonds. The normalized spacial score (nSPS) is 22.1. The predicted octanol–water partition coefficient (Wildman–Crippen LogP) is 5.77. The predicted molar refractivity (Wildman–Crippen MR) is 164 cm³/mol. The van der Waals surface area contributed by atoms with E-state index in [-0.39, 0.29) is 25.4 Å². The zero-order chi connectivity index (χ0) is 30.2. The summed E-state index contributed by atoms with van der Waals surface area (Å²) in [5, 5.41) is 24.2. The van der Waals surface area contributed by atoms with Crippen LogP contribution in [0.1, 0.15) is 59.5 Å². The second-order valence-electron chi connectivity index (χ2n) is 11.2. The summed E-state index contributed by atoms with van der Waals surface area (Å²) in [6.07, 6.45) is 2.11. The van der Waals surface area contributed by atoms with Gasteiger partial charge in [0.05, 0.1) is 24.4 Å². The SMILES string of the molecule is C=CCOC(=O)NCc1ccc([C@@H]2O[C@H](CN3CCC(O)(c4ccc(Cl)cc4)CC3)C[C@H](c3ccc(CO)cc3)O2)cc1. The number of halogens is 1. The van der Waals surface area contributed by atoms with Crippen molar-refractivity contribution >= 4 is 17.7 Å². The molecule has 0 saturated carbocycles. The number of ether oxygens (including phenoxy) is 3. The Hall–Kier alpha value is -3.24. The molecule has 0 aromatic heterocycles. The van der Waals surface area contributed by atoms with E-state index in [2.05, 4.69) is 16.8 Å². The van der Waals surface area contributed by atoms with Crippen molar-refractivity contribution in [2.45, 2.75) is 56.5 Å². The average Bonchev–Trinajstić information content (AvgIpc) is 3.04. The van der Waals surface area contributed by atoms with Gasteiger partial charge in [-0.1, -0.05) is 84.9 Å². The Kier molecular flexibility index (Phi) is 10.5. The molecule has 3 atom stereocenters. The first-order chi connectivity index (χ1) is 20.8. The maximum Gasteiger partial charge on any atom is 0.407 e. The Labute approximate surface area is 257 Å². The number of nitrogens with one attached hydrogen (secondary N) is 1. The largest absolute Gasteiger partial charge is 0.445 e. The number of carbonyl (C=O) groups excluding carboxylic acids is 1. The minimum Gasteiger partial charge on any atom is -0.445 e. The summed E-state index contributed by atoms with van der Waals surface area (Å²) in [5.74, 6) is 0. The number of piperidine rings is 1. The number of benzene rings is 3. The standard InChI is InChI=1S/C34H39ClN2O6/c1-2-19-41-33(39)36-21-24-3-9-27(10-4-24)32-42-30(20-31(43-32)26-7-5-25(23-38)6-8-26)22-37-17-15-34(40,16-18-37)28-11-13-29(35)14-12-28/h2-14,30-32,38,40H,1,15-23H2,(H,36,39)/t30-,31+,32+/m0/s1. The summed E-state index contributed by atoms with van der Waals surface area (Å²) in [7, 11) is 0. The number of rotatable bonds is 10. The van der Waals surface area contributed by atoms with Crippen LogP contribution in [0, 0.1) is 0 Å². The summed E-state index contributed by atoms with van der Waals surface area (Å²) < 4.78 is 18.0. The van der Waals surface area contributed by atoms with E-state index in [1.54, 1.807) is 0 Å². The monoisotopic (exact) mass is 606 g/mol. The third-order valence-corrected chi connectivity index (χ3v) is 8.41. The van der Waals surface area contributed by atoms with Crippen LogP contribution in [0.5, 0.6) is 0 Å². The molecule has 2 fully saturated rings. The molecule has 3 N–H and O–H groups in total.